The lowest BCUT2D eigenvalue weighted by Gasteiger charge is -2.12. The van der Waals surface area contributed by atoms with E-state index in [2.05, 4.69) is 43.4 Å². The minimum atomic E-state index is 0.298. The van der Waals surface area contributed by atoms with Gasteiger partial charge in [0.1, 0.15) is 11.3 Å². The van der Waals surface area contributed by atoms with Crippen molar-refractivity contribution in [3.63, 3.8) is 0 Å². The molecule has 0 aliphatic carbocycles. The van der Waals surface area contributed by atoms with Crippen LogP contribution in [0.3, 0.4) is 0 Å². The van der Waals surface area contributed by atoms with Crippen LogP contribution in [0.5, 0.6) is 0 Å². The number of aryl methyl sites for hydroxylation is 1. The summed E-state index contributed by atoms with van der Waals surface area (Å²) in [4.78, 5) is 0. The molecule has 0 radical (unpaired) electrons. The van der Waals surface area contributed by atoms with Crippen LogP contribution in [-0.4, -0.2) is 18.6 Å². The van der Waals surface area contributed by atoms with Gasteiger partial charge in [0, 0.05) is 11.1 Å². The second-order valence-electron chi connectivity index (χ2n) is 4.14. The Hall–Kier alpha value is -0.930. The lowest BCUT2D eigenvalue weighted by atomic mass is 10.1. The summed E-state index contributed by atoms with van der Waals surface area (Å²) >= 11 is 1.93. The molecular formula is C14H19NOS. The normalized spacial score (nSPS) is 13.1. The summed E-state index contributed by atoms with van der Waals surface area (Å²) < 4.78 is 5.97. The molecule has 1 heterocycles. The Kier molecular flexibility index (Phi) is 4.13. The Bertz CT molecular complexity index is 492. The number of nitrogens with one attached hydrogen (secondary N) is 1. The van der Waals surface area contributed by atoms with E-state index in [9.17, 15) is 0 Å². The highest BCUT2D eigenvalue weighted by Crippen LogP contribution is 2.27. The van der Waals surface area contributed by atoms with Gasteiger partial charge in [-0.3, -0.25) is 0 Å². The Balaban J connectivity index is 2.31. The van der Waals surface area contributed by atoms with Crippen LogP contribution in [0, 0.1) is 6.92 Å². The van der Waals surface area contributed by atoms with Gasteiger partial charge >= 0.3 is 0 Å². The third kappa shape index (κ3) is 2.67. The zero-order valence-corrected chi connectivity index (χ0v) is 11.4. The smallest absolute Gasteiger partial charge is 0.137 e. The molecule has 0 spiro atoms. The molecule has 17 heavy (non-hydrogen) atoms. The van der Waals surface area contributed by atoms with Crippen LogP contribution in [-0.2, 0) is 0 Å². The highest BCUT2D eigenvalue weighted by Gasteiger charge is 2.14. The SMILES string of the molecule is CCSCC(NC)c1cc2cccc(C)c2o1. The molecule has 0 aliphatic rings. The maximum atomic E-state index is 5.97. The van der Waals surface area contributed by atoms with Gasteiger partial charge in [-0.1, -0.05) is 25.1 Å². The maximum absolute atomic E-state index is 5.97. The third-order valence-corrected chi connectivity index (χ3v) is 3.92. The fourth-order valence-electron chi connectivity index (χ4n) is 1.94. The predicted molar refractivity (Wildman–Crippen MR) is 75.8 cm³/mol. The zero-order chi connectivity index (χ0) is 12.3. The van der Waals surface area contributed by atoms with Gasteiger partial charge < -0.3 is 9.73 Å². The zero-order valence-electron chi connectivity index (χ0n) is 10.6. The van der Waals surface area contributed by atoms with Crippen molar-refractivity contribution in [3.8, 4) is 0 Å². The van der Waals surface area contributed by atoms with Gasteiger partial charge in [0.25, 0.3) is 0 Å². The molecule has 0 bridgehead atoms. The molecule has 0 amide bonds. The average molecular weight is 249 g/mol. The number of fused-ring (bicyclic) bond motifs is 1. The first-order valence-electron chi connectivity index (χ1n) is 6.00. The molecule has 1 unspecified atom stereocenters. The highest BCUT2D eigenvalue weighted by atomic mass is 32.2. The molecule has 1 atom stereocenters. The molecule has 1 aromatic carbocycles. The van der Waals surface area contributed by atoms with E-state index in [1.807, 2.05) is 18.8 Å². The van der Waals surface area contributed by atoms with E-state index in [0.717, 1.165) is 22.8 Å². The molecular weight excluding hydrogens is 230 g/mol. The second kappa shape index (κ2) is 5.61. The van der Waals surface area contributed by atoms with Crippen molar-refractivity contribution in [2.45, 2.75) is 19.9 Å². The van der Waals surface area contributed by atoms with Crippen molar-refractivity contribution in [1.29, 1.82) is 0 Å². The van der Waals surface area contributed by atoms with Crippen molar-refractivity contribution in [1.82, 2.24) is 5.32 Å². The quantitative estimate of drug-likeness (QED) is 0.873. The summed E-state index contributed by atoms with van der Waals surface area (Å²) in [5.74, 6) is 3.22. The van der Waals surface area contributed by atoms with Gasteiger partial charge in [0.15, 0.2) is 0 Å². The van der Waals surface area contributed by atoms with Crippen LogP contribution in [0.25, 0.3) is 11.0 Å². The minimum absolute atomic E-state index is 0.298. The van der Waals surface area contributed by atoms with Crippen LogP contribution in [0.4, 0.5) is 0 Å². The van der Waals surface area contributed by atoms with Gasteiger partial charge in [-0.2, -0.15) is 11.8 Å². The molecule has 1 N–H and O–H groups in total. The molecule has 2 aromatic rings. The first-order valence-corrected chi connectivity index (χ1v) is 7.15. The van der Waals surface area contributed by atoms with Crippen LogP contribution in [0.15, 0.2) is 28.7 Å². The average Bonchev–Trinajstić information content (AvgIpc) is 2.75. The molecule has 0 fully saturated rings. The minimum Gasteiger partial charge on any atom is -0.459 e. The fourth-order valence-corrected chi connectivity index (χ4v) is 2.75. The molecule has 1 aromatic heterocycles. The van der Waals surface area contributed by atoms with E-state index in [0.29, 0.717) is 6.04 Å². The number of hydrogen-bond acceptors (Lipinski definition) is 3. The van der Waals surface area contributed by atoms with Crippen LogP contribution >= 0.6 is 11.8 Å². The van der Waals surface area contributed by atoms with E-state index >= 15 is 0 Å². The number of furan rings is 1. The summed E-state index contributed by atoms with van der Waals surface area (Å²) in [6.45, 7) is 4.27. The van der Waals surface area contributed by atoms with Gasteiger partial charge in [-0.05, 0) is 31.4 Å². The molecule has 0 saturated carbocycles. The van der Waals surface area contributed by atoms with Gasteiger partial charge in [0.05, 0.1) is 6.04 Å². The van der Waals surface area contributed by atoms with Gasteiger partial charge in [-0.15, -0.1) is 0 Å². The van der Waals surface area contributed by atoms with E-state index in [-0.39, 0.29) is 0 Å². The van der Waals surface area contributed by atoms with E-state index in [1.165, 1.54) is 10.9 Å². The molecule has 2 nitrogen and oxygen atoms in total. The largest absolute Gasteiger partial charge is 0.459 e. The Morgan fingerprint density at radius 2 is 2.24 bits per heavy atom. The number of para-hydroxylation sites is 1. The van der Waals surface area contributed by atoms with Crippen molar-refractivity contribution < 1.29 is 4.42 Å². The number of rotatable bonds is 5. The topological polar surface area (TPSA) is 25.2 Å². The van der Waals surface area contributed by atoms with Crippen molar-refractivity contribution in [2.75, 3.05) is 18.6 Å². The maximum Gasteiger partial charge on any atom is 0.137 e. The van der Waals surface area contributed by atoms with E-state index in [4.69, 9.17) is 4.42 Å². The predicted octanol–water partition coefficient (Wildman–Crippen LogP) is 3.75. The van der Waals surface area contributed by atoms with Crippen LogP contribution < -0.4 is 5.32 Å². The lowest BCUT2D eigenvalue weighted by Crippen LogP contribution is -2.18. The second-order valence-corrected chi connectivity index (χ2v) is 5.46. The summed E-state index contributed by atoms with van der Waals surface area (Å²) in [5, 5.41) is 4.52. The van der Waals surface area contributed by atoms with Gasteiger partial charge in [0.2, 0.25) is 0 Å². The molecule has 0 aliphatic heterocycles. The summed E-state index contributed by atoms with van der Waals surface area (Å²) in [7, 11) is 1.99. The third-order valence-electron chi connectivity index (χ3n) is 2.94. The Morgan fingerprint density at radius 3 is 2.88 bits per heavy atom. The molecule has 2 rings (SSSR count). The van der Waals surface area contributed by atoms with Gasteiger partial charge in [-0.25, -0.2) is 0 Å². The number of benzene rings is 1. The van der Waals surface area contributed by atoms with E-state index in [1.54, 1.807) is 0 Å². The summed E-state index contributed by atoms with van der Waals surface area (Å²) in [6, 6.07) is 8.72. The number of thioether (sulfide) groups is 1. The molecule has 0 saturated heterocycles. The van der Waals surface area contributed by atoms with Crippen molar-refractivity contribution in [2.24, 2.45) is 0 Å². The monoisotopic (exact) mass is 249 g/mol. The highest BCUT2D eigenvalue weighted by molar-refractivity contribution is 7.99. The standard InChI is InChI=1S/C14H19NOS/c1-4-17-9-12(15-3)13-8-11-7-5-6-10(2)14(11)16-13/h5-8,12,15H,4,9H2,1-3H3. The van der Waals surface area contributed by atoms with Crippen molar-refractivity contribution >= 4 is 22.7 Å². The van der Waals surface area contributed by atoms with Crippen molar-refractivity contribution in [3.05, 3.63) is 35.6 Å². The Morgan fingerprint density at radius 1 is 1.41 bits per heavy atom. The summed E-state index contributed by atoms with van der Waals surface area (Å²) in [6.07, 6.45) is 0. The fraction of sp³-hybridized carbons (Fsp3) is 0.429. The first kappa shape index (κ1) is 12.5. The first-order chi connectivity index (χ1) is 8.26. The van der Waals surface area contributed by atoms with Crippen LogP contribution in [0.2, 0.25) is 0 Å². The number of hydrogen-bond donors (Lipinski definition) is 1. The Labute approximate surface area is 107 Å². The van der Waals surface area contributed by atoms with Crippen LogP contribution in [0.1, 0.15) is 24.3 Å². The van der Waals surface area contributed by atoms with E-state index < -0.39 is 0 Å². The summed E-state index contributed by atoms with van der Waals surface area (Å²) in [5.41, 5.74) is 2.22. The lowest BCUT2D eigenvalue weighted by molar-refractivity contribution is 0.478. The molecule has 3 heteroatoms. The molecule has 92 valence electrons.